The fourth-order valence-corrected chi connectivity index (χ4v) is 5.22. The van der Waals surface area contributed by atoms with Crippen LogP contribution in [0.3, 0.4) is 0 Å². The van der Waals surface area contributed by atoms with Crippen molar-refractivity contribution in [1.29, 1.82) is 0 Å². The topological polar surface area (TPSA) is 43.4 Å². The summed E-state index contributed by atoms with van der Waals surface area (Å²) in [6.45, 7) is 8.06. The molecule has 0 fully saturated rings. The average Bonchev–Trinajstić information content (AvgIpc) is 2.98. The lowest BCUT2D eigenvalue weighted by atomic mass is 10.1. The van der Waals surface area contributed by atoms with E-state index in [1.165, 1.54) is 114 Å². The monoisotopic (exact) mass is 564 g/mol. The van der Waals surface area contributed by atoms with Crippen LogP contribution in [-0.2, 0) is 18.9 Å². The van der Waals surface area contributed by atoms with Crippen molar-refractivity contribution < 1.29 is 18.9 Å². The van der Waals surface area contributed by atoms with Gasteiger partial charge in [-0.3, -0.25) is 0 Å². The molecular formula is C34H64N2O4. The van der Waals surface area contributed by atoms with Crippen molar-refractivity contribution in [3.63, 3.8) is 0 Å². The summed E-state index contributed by atoms with van der Waals surface area (Å²) in [6, 6.07) is 9.48. The third-order valence-electron chi connectivity index (χ3n) is 7.69. The zero-order chi connectivity index (χ0) is 28.9. The van der Waals surface area contributed by atoms with E-state index in [-0.39, 0.29) is 0 Å². The van der Waals surface area contributed by atoms with Crippen molar-refractivity contribution in [2.75, 3.05) is 90.8 Å². The highest BCUT2D eigenvalue weighted by atomic mass is 16.5. The largest absolute Gasteiger partial charge is 0.385 e. The fraction of sp³-hybridized carbons (Fsp3) is 0.824. The number of hydrogen-bond acceptors (Lipinski definition) is 6. The van der Waals surface area contributed by atoms with Crippen LogP contribution in [-0.4, -0.2) is 81.0 Å². The molecule has 1 rings (SSSR count). The molecule has 0 saturated heterocycles. The summed E-state index contributed by atoms with van der Waals surface area (Å²) in [6.07, 6.45) is 19.7. The average molecular weight is 565 g/mol. The second-order valence-corrected chi connectivity index (χ2v) is 11.1. The molecule has 1 aromatic carbocycles. The van der Waals surface area contributed by atoms with E-state index in [0.29, 0.717) is 0 Å². The summed E-state index contributed by atoms with van der Waals surface area (Å²) in [5.74, 6) is 0. The second-order valence-electron chi connectivity index (χ2n) is 11.1. The minimum atomic E-state index is 0.878. The first-order valence-electron chi connectivity index (χ1n) is 16.3. The zero-order valence-corrected chi connectivity index (χ0v) is 26.8. The van der Waals surface area contributed by atoms with Gasteiger partial charge in [-0.05, 0) is 75.6 Å². The maximum Gasteiger partial charge on any atom is 0.0462 e. The highest BCUT2D eigenvalue weighted by Crippen LogP contribution is 2.23. The summed E-state index contributed by atoms with van der Waals surface area (Å²) in [5, 5.41) is 0. The molecule has 6 heteroatoms. The van der Waals surface area contributed by atoms with E-state index in [1.54, 1.807) is 28.4 Å². The molecule has 0 aliphatic heterocycles. The summed E-state index contributed by atoms with van der Waals surface area (Å²) >= 11 is 0. The van der Waals surface area contributed by atoms with Crippen LogP contribution in [0.5, 0.6) is 0 Å². The van der Waals surface area contributed by atoms with Crippen LogP contribution in [0.2, 0.25) is 0 Å². The maximum atomic E-state index is 5.22. The standard InChI is InChI=1S/C34H64N2O4/c1-37-29-17-9-5-13-25-35(26-14-6-10-18-30-38-2)33-21-23-34(24-22-33)36(27-15-7-11-19-31-39-3)28-16-8-12-20-32-40-4/h21-24H,5-20,25-32H2,1-4H3. The van der Waals surface area contributed by atoms with Crippen molar-refractivity contribution in [3.05, 3.63) is 24.3 Å². The van der Waals surface area contributed by atoms with E-state index < -0.39 is 0 Å². The summed E-state index contributed by atoms with van der Waals surface area (Å²) in [7, 11) is 7.19. The lowest BCUT2D eigenvalue weighted by Gasteiger charge is -2.28. The lowest BCUT2D eigenvalue weighted by molar-refractivity contribution is 0.192. The number of anilines is 2. The Morgan fingerprint density at radius 1 is 0.350 bits per heavy atom. The molecule has 0 N–H and O–H groups in total. The smallest absolute Gasteiger partial charge is 0.0462 e. The number of ether oxygens (including phenoxy) is 4. The van der Waals surface area contributed by atoms with Gasteiger partial charge in [-0.1, -0.05) is 51.4 Å². The van der Waals surface area contributed by atoms with Gasteiger partial charge in [-0.15, -0.1) is 0 Å². The second kappa shape index (κ2) is 27.8. The quantitative estimate of drug-likeness (QED) is 0.0879. The Morgan fingerprint density at radius 3 is 0.800 bits per heavy atom. The van der Waals surface area contributed by atoms with E-state index >= 15 is 0 Å². The van der Waals surface area contributed by atoms with Gasteiger partial charge in [0.25, 0.3) is 0 Å². The number of methoxy groups -OCH3 is 4. The maximum absolute atomic E-state index is 5.22. The minimum Gasteiger partial charge on any atom is -0.385 e. The number of nitrogens with zero attached hydrogens (tertiary/aromatic N) is 2. The molecule has 0 radical (unpaired) electrons. The molecule has 6 nitrogen and oxygen atoms in total. The Kier molecular flexibility index (Phi) is 25.5. The van der Waals surface area contributed by atoms with E-state index in [4.69, 9.17) is 18.9 Å². The predicted molar refractivity (Wildman–Crippen MR) is 172 cm³/mol. The van der Waals surface area contributed by atoms with Gasteiger partial charge in [0, 0.05) is 92.4 Å². The van der Waals surface area contributed by atoms with Gasteiger partial charge in [0.05, 0.1) is 0 Å². The van der Waals surface area contributed by atoms with Crippen molar-refractivity contribution in [3.8, 4) is 0 Å². The zero-order valence-electron chi connectivity index (χ0n) is 26.8. The molecule has 0 atom stereocenters. The Labute approximate surface area is 248 Å². The molecule has 0 spiro atoms. The first-order chi connectivity index (χ1) is 19.8. The van der Waals surface area contributed by atoms with Gasteiger partial charge >= 0.3 is 0 Å². The van der Waals surface area contributed by atoms with Crippen molar-refractivity contribution in [2.24, 2.45) is 0 Å². The van der Waals surface area contributed by atoms with Gasteiger partial charge < -0.3 is 28.7 Å². The first kappa shape index (κ1) is 36.7. The van der Waals surface area contributed by atoms with Crippen LogP contribution in [0.15, 0.2) is 24.3 Å². The number of hydrogen-bond donors (Lipinski definition) is 0. The molecule has 0 amide bonds. The normalized spacial score (nSPS) is 11.3. The molecule has 1 aromatic rings. The SMILES string of the molecule is COCCCCCCN(CCCCCCOC)c1ccc(N(CCCCCCOC)CCCCCCOC)cc1. The number of rotatable bonds is 30. The van der Waals surface area contributed by atoms with Gasteiger partial charge in [0.2, 0.25) is 0 Å². The summed E-state index contributed by atoms with van der Waals surface area (Å²) < 4.78 is 20.9. The van der Waals surface area contributed by atoms with Crippen LogP contribution in [0.25, 0.3) is 0 Å². The van der Waals surface area contributed by atoms with E-state index in [2.05, 4.69) is 34.1 Å². The van der Waals surface area contributed by atoms with E-state index in [9.17, 15) is 0 Å². The van der Waals surface area contributed by atoms with Crippen LogP contribution in [0.1, 0.15) is 103 Å². The Bertz CT molecular complexity index is 556. The van der Waals surface area contributed by atoms with Crippen LogP contribution < -0.4 is 9.80 Å². The van der Waals surface area contributed by atoms with Gasteiger partial charge in [-0.2, -0.15) is 0 Å². The molecule has 0 heterocycles. The van der Waals surface area contributed by atoms with E-state index in [0.717, 1.165) is 52.6 Å². The van der Waals surface area contributed by atoms with Crippen LogP contribution in [0.4, 0.5) is 11.4 Å². The predicted octanol–water partition coefficient (Wildman–Crippen LogP) is 8.13. The van der Waals surface area contributed by atoms with Gasteiger partial charge in [-0.25, -0.2) is 0 Å². The van der Waals surface area contributed by atoms with E-state index in [1.807, 2.05) is 0 Å². The Hall–Kier alpha value is -1.34. The van der Waals surface area contributed by atoms with Crippen molar-refractivity contribution >= 4 is 11.4 Å². The lowest BCUT2D eigenvalue weighted by Crippen LogP contribution is -2.27. The minimum absolute atomic E-state index is 0.878. The number of benzene rings is 1. The third-order valence-corrected chi connectivity index (χ3v) is 7.69. The molecule has 0 aromatic heterocycles. The van der Waals surface area contributed by atoms with Crippen molar-refractivity contribution in [2.45, 2.75) is 103 Å². The van der Waals surface area contributed by atoms with Gasteiger partial charge in [0.15, 0.2) is 0 Å². The fourth-order valence-electron chi connectivity index (χ4n) is 5.22. The molecule has 40 heavy (non-hydrogen) atoms. The molecular weight excluding hydrogens is 500 g/mol. The Balaban J connectivity index is 2.72. The molecule has 234 valence electrons. The summed E-state index contributed by atoms with van der Waals surface area (Å²) in [4.78, 5) is 5.23. The molecule has 0 unspecified atom stereocenters. The number of unbranched alkanes of at least 4 members (excludes halogenated alkanes) is 12. The molecule has 0 aliphatic rings. The molecule has 0 bridgehead atoms. The summed E-state index contributed by atoms with van der Waals surface area (Å²) in [5.41, 5.74) is 2.74. The highest BCUT2D eigenvalue weighted by molar-refractivity contribution is 5.56. The van der Waals surface area contributed by atoms with Crippen molar-refractivity contribution in [1.82, 2.24) is 0 Å². The van der Waals surface area contributed by atoms with Crippen LogP contribution in [0, 0.1) is 0 Å². The molecule has 0 saturated carbocycles. The van der Waals surface area contributed by atoms with Crippen LogP contribution >= 0.6 is 0 Å². The molecule has 0 aliphatic carbocycles. The Morgan fingerprint density at radius 2 is 0.575 bits per heavy atom. The first-order valence-corrected chi connectivity index (χ1v) is 16.3. The third kappa shape index (κ3) is 19.7. The highest BCUT2D eigenvalue weighted by Gasteiger charge is 2.10. The van der Waals surface area contributed by atoms with Gasteiger partial charge in [0.1, 0.15) is 0 Å².